The fourth-order valence-electron chi connectivity index (χ4n) is 2.54. The number of aromatic nitrogens is 2. The number of H-pyrrole nitrogens is 1. The molecule has 1 N–H and O–H groups in total. The van der Waals surface area contributed by atoms with Crippen LogP contribution in [-0.4, -0.2) is 9.55 Å². The molecule has 2 heterocycles. The van der Waals surface area contributed by atoms with Gasteiger partial charge in [0.2, 0.25) is 0 Å². The van der Waals surface area contributed by atoms with Crippen molar-refractivity contribution in [3.05, 3.63) is 65.1 Å². The van der Waals surface area contributed by atoms with Gasteiger partial charge in [0.05, 0.1) is 12.1 Å². The van der Waals surface area contributed by atoms with Gasteiger partial charge in [-0.2, -0.15) is 0 Å². The standard InChI is InChI=1S/C16H12N2OS/c20-16-18(14-3-1-2-4-15(14)19-16)10-11-5-6-12-7-8-17-13(12)9-11/h1-9,17H,10H2. The normalized spacial score (nSPS) is 11.4. The lowest BCUT2D eigenvalue weighted by Crippen LogP contribution is -1.99. The van der Waals surface area contributed by atoms with Crippen molar-refractivity contribution in [1.82, 2.24) is 9.55 Å². The highest BCUT2D eigenvalue weighted by atomic mass is 32.1. The molecule has 0 bridgehead atoms. The monoisotopic (exact) mass is 280 g/mol. The molecule has 2 aromatic carbocycles. The molecule has 4 rings (SSSR count). The van der Waals surface area contributed by atoms with E-state index in [1.165, 1.54) is 10.9 Å². The number of oxazole rings is 1. The van der Waals surface area contributed by atoms with E-state index in [2.05, 4.69) is 29.2 Å². The third kappa shape index (κ3) is 1.77. The molecule has 4 heteroatoms. The molecule has 0 atom stereocenters. The van der Waals surface area contributed by atoms with Gasteiger partial charge < -0.3 is 9.40 Å². The van der Waals surface area contributed by atoms with E-state index < -0.39 is 0 Å². The summed E-state index contributed by atoms with van der Waals surface area (Å²) in [5.74, 6) is 0. The number of benzene rings is 2. The van der Waals surface area contributed by atoms with Gasteiger partial charge in [0.1, 0.15) is 0 Å². The number of para-hydroxylation sites is 2. The fourth-order valence-corrected chi connectivity index (χ4v) is 2.79. The summed E-state index contributed by atoms with van der Waals surface area (Å²) in [5.41, 5.74) is 4.20. The molecule has 2 aromatic heterocycles. The number of nitrogens with zero attached hydrogens (tertiary/aromatic N) is 1. The summed E-state index contributed by atoms with van der Waals surface area (Å²) in [7, 11) is 0. The molecule has 3 nitrogen and oxygen atoms in total. The van der Waals surface area contributed by atoms with E-state index in [4.69, 9.17) is 16.6 Å². The Morgan fingerprint density at radius 2 is 2.00 bits per heavy atom. The van der Waals surface area contributed by atoms with Gasteiger partial charge in [-0.3, -0.25) is 4.57 Å². The quantitative estimate of drug-likeness (QED) is 0.549. The second-order valence-corrected chi connectivity index (χ2v) is 5.17. The number of rotatable bonds is 2. The summed E-state index contributed by atoms with van der Waals surface area (Å²) in [6, 6.07) is 16.4. The third-order valence-corrected chi connectivity index (χ3v) is 3.84. The van der Waals surface area contributed by atoms with E-state index in [0.717, 1.165) is 16.6 Å². The molecule has 0 aliphatic rings. The zero-order valence-electron chi connectivity index (χ0n) is 10.7. The molecular weight excluding hydrogens is 268 g/mol. The largest absolute Gasteiger partial charge is 0.429 e. The van der Waals surface area contributed by atoms with Crippen molar-refractivity contribution < 1.29 is 4.42 Å². The van der Waals surface area contributed by atoms with Crippen molar-refractivity contribution in [2.75, 3.05) is 0 Å². The summed E-state index contributed by atoms with van der Waals surface area (Å²) in [6.45, 7) is 0.713. The van der Waals surface area contributed by atoms with E-state index in [1.807, 2.05) is 35.0 Å². The zero-order valence-corrected chi connectivity index (χ0v) is 11.5. The minimum Gasteiger partial charge on any atom is -0.429 e. The number of aromatic amines is 1. The van der Waals surface area contributed by atoms with Gasteiger partial charge in [0, 0.05) is 11.7 Å². The predicted molar refractivity (Wildman–Crippen MR) is 82.4 cm³/mol. The molecule has 0 saturated carbocycles. The van der Waals surface area contributed by atoms with Gasteiger partial charge in [-0.15, -0.1) is 0 Å². The minimum absolute atomic E-state index is 0.512. The Morgan fingerprint density at radius 3 is 2.95 bits per heavy atom. The molecule has 0 radical (unpaired) electrons. The van der Waals surface area contributed by atoms with E-state index in [9.17, 15) is 0 Å². The Hall–Kier alpha value is -2.33. The van der Waals surface area contributed by atoms with Gasteiger partial charge in [0.15, 0.2) is 5.58 Å². The van der Waals surface area contributed by atoms with Crippen LogP contribution in [0.3, 0.4) is 0 Å². The zero-order chi connectivity index (χ0) is 13.5. The fraction of sp³-hybridized carbons (Fsp3) is 0.0625. The maximum Gasteiger partial charge on any atom is 0.269 e. The lowest BCUT2D eigenvalue weighted by molar-refractivity contribution is 0.548. The van der Waals surface area contributed by atoms with E-state index in [1.54, 1.807) is 0 Å². The summed E-state index contributed by atoms with van der Waals surface area (Å²) >= 11 is 5.32. The van der Waals surface area contributed by atoms with Crippen molar-refractivity contribution in [2.24, 2.45) is 0 Å². The average molecular weight is 280 g/mol. The van der Waals surface area contributed by atoms with Crippen LogP contribution in [0.4, 0.5) is 0 Å². The number of nitrogens with one attached hydrogen (secondary N) is 1. The van der Waals surface area contributed by atoms with Crippen LogP contribution in [0.1, 0.15) is 5.56 Å². The molecule has 0 aliphatic carbocycles. The van der Waals surface area contributed by atoms with Crippen LogP contribution in [0.2, 0.25) is 0 Å². The molecule has 0 unspecified atom stereocenters. The molecule has 20 heavy (non-hydrogen) atoms. The summed E-state index contributed by atoms with van der Waals surface area (Å²) in [4.78, 5) is 3.74. The Labute approximate surface area is 120 Å². The second-order valence-electron chi connectivity index (χ2n) is 4.82. The minimum atomic E-state index is 0.512. The first kappa shape index (κ1) is 11.5. The van der Waals surface area contributed by atoms with Crippen LogP contribution in [0.15, 0.2) is 59.1 Å². The van der Waals surface area contributed by atoms with E-state index in [-0.39, 0.29) is 0 Å². The van der Waals surface area contributed by atoms with E-state index >= 15 is 0 Å². The Morgan fingerprint density at radius 1 is 1.10 bits per heavy atom. The summed E-state index contributed by atoms with van der Waals surface area (Å²) in [6.07, 6.45) is 1.95. The van der Waals surface area contributed by atoms with Gasteiger partial charge in [-0.25, -0.2) is 0 Å². The van der Waals surface area contributed by atoms with Crippen LogP contribution in [-0.2, 0) is 6.54 Å². The van der Waals surface area contributed by atoms with Crippen LogP contribution in [0, 0.1) is 4.84 Å². The highest BCUT2D eigenvalue weighted by molar-refractivity contribution is 7.71. The molecule has 98 valence electrons. The first-order valence-electron chi connectivity index (χ1n) is 6.46. The first-order chi connectivity index (χ1) is 9.81. The van der Waals surface area contributed by atoms with Crippen LogP contribution >= 0.6 is 12.2 Å². The van der Waals surface area contributed by atoms with Gasteiger partial charge in [-0.05, 0) is 47.4 Å². The Balaban J connectivity index is 1.83. The summed E-state index contributed by atoms with van der Waals surface area (Å²) in [5, 5.41) is 1.22. The van der Waals surface area contributed by atoms with Crippen molar-refractivity contribution in [3.8, 4) is 0 Å². The SMILES string of the molecule is S=c1oc2ccccc2n1Cc1ccc2cc[nH]c2c1. The van der Waals surface area contributed by atoms with Gasteiger partial charge >= 0.3 is 0 Å². The molecule has 0 saturated heterocycles. The van der Waals surface area contributed by atoms with Crippen molar-refractivity contribution in [1.29, 1.82) is 0 Å². The third-order valence-electron chi connectivity index (χ3n) is 3.53. The maximum atomic E-state index is 5.61. The first-order valence-corrected chi connectivity index (χ1v) is 6.86. The van der Waals surface area contributed by atoms with Crippen molar-refractivity contribution in [3.63, 3.8) is 0 Å². The van der Waals surface area contributed by atoms with E-state index in [0.29, 0.717) is 11.4 Å². The van der Waals surface area contributed by atoms with Crippen LogP contribution in [0.25, 0.3) is 22.0 Å². The summed E-state index contributed by atoms with van der Waals surface area (Å²) < 4.78 is 7.64. The second kappa shape index (κ2) is 4.35. The number of hydrogen-bond donors (Lipinski definition) is 1. The lowest BCUT2D eigenvalue weighted by Gasteiger charge is -2.04. The van der Waals surface area contributed by atoms with Crippen molar-refractivity contribution >= 4 is 34.2 Å². The number of fused-ring (bicyclic) bond motifs is 2. The molecule has 4 aromatic rings. The topological polar surface area (TPSA) is 33.9 Å². The molecule has 0 spiro atoms. The van der Waals surface area contributed by atoms with Crippen molar-refractivity contribution in [2.45, 2.75) is 6.54 Å². The lowest BCUT2D eigenvalue weighted by atomic mass is 10.1. The molecule has 0 amide bonds. The van der Waals surface area contributed by atoms with Gasteiger partial charge in [0.25, 0.3) is 4.84 Å². The smallest absolute Gasteiger partial charge is 0.269 e. The van der Waals surface area contributed by atoms with Gasteiger partial charge in [-0.1, -0.05) is 24.3 Å². The van der Waals surface area contributed by atoms with Crippen LogP contribution in [0.5, 0.6) is 0 Å². The number of hydrogen-bond acceptors (Lipinski definition) is 2. The Kier molecular flexibility index (Phi) is 2.50. The molecule has 0 aliphatic heterocycles. The molecule has 0 fully saturated rings. The maximum absolute atomic E-state index is 5.61. The van der Waals surface area contributed by atoms with Crippen LogP contribution < -0.4 is 0 Å². The Bertz CT molecular complexity index is 961. The molecular formula is C16H12N2OS. The highest BCUT2D eigenvalue weighted by Crippen LogP contribution is 2.20. The predicted octanol–water partition coefficient (Wildman–Crippen LogP) is 4.49. The highest BCUT2D eigenvalue weighted by Gasteiger charge is 2.07. The average Bonchev–Trinajstić information content (AvgIpc) is 3.04.